The molecule has 21 nitrogen and oxygen atoms in total. The number of aliphatic hydroxyl groups excluding tert-OH is 2. The van der Waals surface area contributed by atoms with Gasteiger partial charge in [-0.15, -0.1) is 0 Å². The third kappa shape index (κ3) is 19.8. The van der Waals surface area contributed by atoms with Gasteiger partial charge in [0.25, 0.3) is 0 Å². The number of unbranched alkanes of at least 4 members (excludes halogenated alkanes) is 2. The molecule has 8 atom stereocenters. The monoisotopic (exact) mass is 787 g/mol. The number of primary amides is 1. The molecule has 0 aromatic heterocycles. The molecule has 14 N–H and O–H groups in total. The number of carbonyl (C=O) groups excluding carboxylic acids is 8. The van der Waals surface area contributed by atoms with E-state index >= 15 is 0 Å². The molecule has 0 aromatic rings. The van der Waals surface area contributed by atoms with Crippen LogP contribution in [0.4, 0.5) is 0 Å². The third-order valence-electron chi connectivity index (χ3n) is 8.33. The molecule has 0 aromatic carbocycles. The summed E-state index contributed by atoms with van der Waals surface area (Å²) < 4.78 is 0. The van der Waals surface area contributed by atoms with Crippen LogP contribution in [0.25, 0.3) is 0 Å². The summed E-state index contributed by atoms with van der Waals surface area (Å²) in [6.45, 7) is 8.07. The van der Waals surface area contributed by atoms with E-state index in [1.54, 1.807) is 27.7 Å². The Hall–Kier alpha value is -4.89. The van der Waals surface area contributed by atoms with Crippen LogP contribution in [0, 0.1) is 11.8 Å². The molecule has 0 heterocycles. The van der Waals surface area contributed by atoms with Crippen molar-refractivity contribution < 1.29 is 58.5 Å². The number of carbonyl (C=O) groups is 9. The summed E-state index contributed by atoms with van der Waals surface area (Å²) in [5.74, 6) is -8.60. The quantitative estimate of drug-likeness (QED) is 0.0354. The van der Waals surface area contributed by atoms with Gasteiger partial charge in [0.15, 0.2) is 0 Å². The highest BCUT2D eigenvalue weighted by Crippen LogP contribution is 2.11. The standard InChI is InChI=1S/C34H61N9O12/c1-7-18(4)27(34(55)38-20(6)29(50)37-12-10-8-9-11-26(47)48)43-31(52)22(14-25(36)46)40-30(51)21(13-17(2)3)39-32(53)24(16-45)42-33(54)23(15-44)41-28(49)19(5)35/h17-24,27,44-45H,7-16,35H2,1-6H3,(H2,36,46)(H,37,50)(H,38,55)(H,39,53)(H,40,51)(H,41,49)(H,42,54)(H,43,52)(H,47,48)/t18-,19-,20-,21-,22-,23-,24-,27-/m0/s1. The summed E-state index contributed by atoms with van der Waals surface area (Å²) in [6.07, 6.45) is 1.25. The molecular weight excluding hydrogens is 726 g/mol. The van der Waals surface area contributed by atoms with Crippen molar-refractivity contribution in [3.63, 3.8) is 0 Å². The van der Waals surface area contributed by atoms with Crippen LogP contribution in [0.15, 0.2) is 0 Å². The van der Waals surface area contributed by atoms with E-state index in [1.165, 1.54) is 13.8 Å². The normalized spacial score (nSPS) is 15.4. The summed E-state index contributed by atoms with van der Waals surface area (Å²) in [6, 6.07) is -9.43. The first-order chi connectivity index (χ1) is 25.7. The van der Waals surface area contributed by atoms with Crippen LogP contribution in [0.3, 0.4) is 0 Å². The van der Waals surface area contributed by atoms with Crippen LogP contribution < -0.4 is 48.7 Å². The number of carboxylic acids is 1. The molecule has 0 saturated heterocycles. The van der Waals surface area contributed by atoms with E-state index in [4.69, 9.17) is 16.6 Å². The van der Waals surface area contributed by atoms with Crippen LogP contribution >= 0.6 is 0 Å². The lowest BCUT2D eigenvalue weighted by atomic mass is 9.97. The topological polar surface area (TPSA) is 351 Å². The summed E-state index contributed by atoms with van der Waals surface area (Å²) in [5.41, 5.74) is 10.8. The van der Waals surface area contributed by atoms with Crippen molar-refractivity contribution in [1.82, 2.24) is 37.2 Å². The molecule has 0 aliphatic heterocycles. The van der Waals surface area contributed by atoms with Crippen LogP contribution in [-0.2, 0) is 43.2 Å². The molecule has 0 aliphatic carbocycles. The van der Waals surface area contributed by atoms with Crippen LogP contribution in [0.5, 0.6) is 0 Å². The highest BCUT2D eigenvalue weighted by molar-refractivity contribution is 5.98. The van der Waals surface area contributed by atoms with Gasteiger partial charge in [-0.3, -0.25) is 43.2 Å². The van der Waals surface area contributed by atoms with Crippen molar-refractivity contribution >= 4 is 53.2 Å². The lowest BCUT2D eigenvalue weighted by Gasteiger charge is -2.29. The SMILES string of the molecule is CC[C@H](C)[C@H](NC(=O)[C@H](CC(N)=O)NC(=O)[C@H](CC(C)C)NC(=O)[C@H](CO)NC(=O)[C@H](CO)NC(=O)[C@H](C)N)C(=O)N[C@@H](C)C(=O)NCCCCCC(=O)O. The van der Waals surface area contributed by atoms with E-state index in [0.29, 0.717) is 25.7 Å². The summed E-state index contributed by atoms with van der Waals surface area (Å²) in [5, 5.41) is 45.0. The van der Waals surface area contributed by atoms with Gasteiger partial charge in [-0.05, 0) is 44.9 Å². The van der Waals surface area contributed by atoms with Crippen LogP contribution in [0.2, 0.25) is 0 Å². The van der Waals surface area contributed by atoms with Gasteiger partial charge < -0.3 is 64.0 Å². The second-order valence-corrected chi connectivity index (χ2v) is 13.8. The number of hydrogen-bond donors (Lipinski definition) is 12. The molecule has 0 fully saturated rings. The molecule has 0 aliphatic rings. The number of carboxylic acid groups (broad SMARTS) is 1. The number of rotatable bonds is 27. The summed E-state index contributed by atoms with van der Waals surface area (Å²) in [4.78, 5) is 113. The van der Waals surface area contributed by atoms with Gasteiger partial charge in [-0.1, -0.05) is 40.5 Å². The number of amides is 8. The molecule has 8 amide bonds. The van der Waals surface area contributed by atoms with Crippen LogP contribution in [-0.4, -0.2) is 131 Å². The van der Waals surface area contributed by atoms with Gasteiger partial charge in [0.05, 0.1) is 25.7 Å². The van der Waals surface area contributed by atoms with E-state index in [-0.39, 0.29) is 25.3 Å². The first kappa shape index (κ1) is 50.1. The van der Waals surface area contributed by atoms with Gasteiger partial charge in [0, 0.05) is 13.0 Å². The van der Waals surface area contributed by atoms with Crippen molar-refractivity contribution in [1.29, 1.82) is 0 Å². The molecule has 0 spiro atoms. The zero-order chi connectivity index (χ0) is 42.4. The Kier molecular flexibility index (Phi) is 23.7. The average Bonchev–Trinajstić information content (AvgIpc) is 3.10. The fraction of sp³-hybridized carbons (Fsp3) is 0.735. The van der Waals surface area contributed by atoms with Crippen molar-refractivity contribution in [2.45, 2.75) is 129 Å². The first-order valence-electron chi connectivity index (χ1n) is 18.3. The highest BCUT2D eigenvalue weighted by Gasteiger charge is 2.35. The predicted molar refractivity (Wildman–Crippen MR) is 197 cm³/mol. The Bertz CT molecular complexity index is 1330. The summed E-state index contributed by atoms with van der Waals surface area (Å²) >= 11 is 0. The maximum absolute atomic E-state index is 13.5. The lowest BCUT2D eigenvalue weighted by Crippen LogP contribution is -2.61. The van der Waals surface area contributed by atoms with E-state index in [9.17, 15) is 53.4 Å². The third-order valence-corrected chi connectivity index (χ3v) is 8.33. The average molecular weight is 788 g/mol. The maximum Gasteiger partial charge on any atom is 0.303 e. The Morgan fingerprint density at radius 3 is 1.56 bits per heavy atom. The molecule has 21 heteroatoms. The fourth-order valence-corrected chi connectivity index (χ4v) is 4.89. The largest absolute Gasteiger partial charge is 0.481 e. The van der Waals surface area contributed by atoms with E-state index in [0.717, 1.165) is 0 Å². The lowest BCUT2D eigenvalue weighted by molar-refractivity contribution is -0.137. The molecule has 55 heavy (non-hydrogen) atoms. The minimum atomic E-state index is -1.65. The van der Waals surface area contributed by atoms with Gasteiger partial charge in [-0.2, -0.15) is 0 Å². The molecule has 0 radical (unpaired) electrons. The Morgan fingerprint density at radius 1 is 0.600 bits per heavy atom. The van der Waals surface area contributed by atoms with Gasteiger partial charge in [0.2, 0.25) is 47.3 Å². The van der Waals surface area contributed by atoms with Gasteiger partial charge in [0.1, 0.15) is 36.3 Å². The predicted octanol–water partition coefficient (Wildman–Crippen LogP) is -4.02. The van der Waals surface area contributed by atoms with Crippen molar-refractivity contribution in [2.75, 3.05) is 19.8 Å². The van der Waals surface area contributed by atoms with Crippen molar-refractivity contribution in [3.05, 3.63) is 0 Å². The molecule has 0 unspecified atom stereocenters. The Labute approximate surface area is 320 Å². The van der Waals surface area contributed by atoms with E-state index in [1.807, 2.05) is 0 Å². The van der Waals surface area contributed by atoms with E-state index < -0.39 is 121 Å². The van der Waals surface area contributed by atoms with Crippen molar-refractivity contribution in [3.8, 4) is 0 Å². The second-order valence-electron chi connectivity index (χ2n) is 13.8. The number of aliphatic hydroxyl groups is 2. The molecule has 314 valence electrons. The minimum Gasteiger partial charge on any atom is -0.481 e. The smallest absolute Gasteiger partial charge is 0.303 e. The number of aliphatic carboxylic acids is 1. The molecular formula is C34H61N9O12. The first-order valence-corrected chi connectivity index (χ1v) is 18.3. The molecule has 0 bridgehead atoms. The highest BCUT2D eigenvalue weighted by atomic mass is 16.4. The van der Waals surface area contributed by atoms with E-state index in [2.05, 4.69) is 37.2 Å². The van der Waals surface area contributed by atoms with Crippen molar-refractivity contribution in [2.24, 2.45) is 23.3 Å². The van der Waals surface area contributed by atoms with Crippen LogP contribution in [0.1, 0.15) is 86.5 Å². The Balaban J connectivity index is 5.86. The maximum atomic E-state index is 13.5. The number of nitrogens with two attached hydrogens (primary N) is 2. The minimum absolute atomic E-state index is 0.0150. The fourth-order valence-electron chi connectivity index (χ4n) is 4.89. The van der Waals surface area contributed by atoms with Gasteiger partial charge >= 0.3 is 5.97 Å². The number of hydrogen-bond acceptors (Lipinski definition) is 12. The second kappa shape index (κ2) is 26.0. The Morgan fingerprint density at radius 2 is 1.09 bits per heavy atom. The molecule has 0 rings (SSSR count). The summed E-state index contributed by atoms with van der Waals surface area (Å²) in [7, 11) is 0. The number of nitrogens with one attached hydrogen (secondary N) is 7. The zero-order valence-electron chi connectivity index (χ0n) is 32.4. The van der Waals surface area contributed by atoms with Gasteiger partial charge in [-0.25, -0.2) is 0 Å². The molecule has 0 saturated carbocycles. The zero-order valence-corrected chi connectivity index (χ0v) is 32.4.